The number of nitrogens with zero attached hydrogens (tertiary/aromatic N) is 1. The number of aliphatic hydroxyl groups is 1. The highest BCUT2D eigenvalue weighted by molar-refractivity contribution is 5.74. The first-order valence-corrected chi connectivity index (χ1v) is 5.13. The van der Waals surface area contributed by atoms with Crippen molar-refractivity contribution >= 4 is 5.97 Å². The minimum Gasteiger partial charge on any atom is -0.469 e. The van der Waals surface area contributed by atoms with E-state index in [9.17, 15) is 9.90 Å². The van der Waals surface area contributed by atoms with E-state index >= 15 is 0 Å². The maximum Gasteiger partial charge on any atom is 0.312 e. The minimum atomic E-state index is -0.517. The standard InChI is InChI=1S/C10H17NO3/c1-11-6-3-4-7(11)9(8(12)5-6)10(13)14-2/h6-9,12H,3-5H2,1-2H3/t6-,7+,8?,9-/m1/s1. The molecular weight excluding hydrogens is 182 g/mol. The van der Waals surface area contributed by atoms with E-state index in [4.69, 9.17) is 4.74 Å². The Bertz CT molecular complexity index is 244. The molecule has 2 saturated heterocycles. The van der Waals surface area contributed by atoms with Crippen LogP contribution in [0.15, 0.2) is 0 Å². The first kappa shape index (κ1) is 9.93. The summed E-state index contributed by atoms with van der Waals surface area (Å²) in [6.07, 6.45) is 2.27. The van der Waals surface area contributed by atoms with Crippen LogP contribution in [-0.4, -0.2) is 48.3 Å². The molecule has 2 heterocycles. The van der Waals surface area contributed by atoms with Gasteiger partial charge in [0.25, 0.3) is 0 Å². The summed E-state index contributed by atoms with van der Waals surface area (Å²) in [5.74, 6) is -0.613. The summed E-state index contributed by atoms with van der Waals surface area (Å²) in [7, 11) is 3.42. The summed E-state index contributed by atoms with van der Waals surface area (Å²) in [5.41, 5.74) is 0. The molecule has 0 saturated carbocycles. The van der Waals surface area contributed by atoms with E-state index in [0.29, 0.717) is 12.5 Å². The number of aliphatic hydroxyl groups excluding tert-OH is 1. The highest BCUT2D eigenvalue weighted by atomic mass is 16.5. The van der Waals surface area contributed by atoms with Gasteiger partial charge in [0, 0.05) is 12.1 Å². The van der Waals surface area contributed by atoms with Crippen LogP contribution >= 0.6 is 0 Å². The SMILES string of the molecule is COC(=O)[C@H]1C(O)C[C@H]2CC[C@@H]1N2C. The molecule has 2 fully saturated rings. The van der Waals surface area contributed by atoms with Gasteiger partial charge in [0.05, 0.1) is 19.1 Å². The topological polar surface area (TPSA) is 49.8 Å². The Hall–Kier alpha value is -0.610. The molecule has 80 valence electrons. The molecule has 4 nitrogen and oxygen atoms in total. The molecule has 0 aromatic rings. The molecule has 1 N–H and O–H groups in total. The Kier molecular flexibility index (Phi) is 2.49. The van der Waals surface area contributed by atoms with Crippen LogP contribution in [0, 0.1) is 5.92 Å². The third-order valence-corrected chi connectivity index (χ3v) is 3.71. The van der Waals surface area contributed by atoms with Gasteiger partial charge in [-0.05, 0) is 26.3 Å². The van der Waals surface area contributed by atoms with Crippen molar-refractivity contribution < 1.29 is 14.6 Å². The lowest BCUT2D eigenvalue weighted by atomic mass is 9.88. The lowest BCUT2D eigenvalue weighted by molar-refractivity contribution is -0.155. The average Bonchev–Trinajstić information content (AvgIpc) is 2.42. The van der Waals surface area contributed by atoms with E-state index < -0.39 is 6.10 Å². The van der Waals surface area contributed by atoms with Gasteiger partial charge in [-0.15, -0.1) is 0 Å². The molecule has 2 rings (SSSR count). The molecule has 1 unspecified atom stereocenters. The van der Waals surface area contributed by atoms with Crippen LogP contribution in [-0.2, 0) is 9.53 Å². The molecule has 2 aliphatic rings. The molecule has 0 spiro atoms. The molecule has 0 aliphatic carbocycles. The van der Waals surface area contributed by atoms with Crippen LogP contribution in [0.2, 0.25) is 0 Å². The van der Waals surface area contributed by atoms with E-state index in [1.165, 1.54) is 7.11 Å². The van der Waals surface area contributed by atoms with Gasteiger partial charge in [-0.1, -0.05) is 0 Å². The molecule has 0 aromatic carbocycles. The van der Waals surface area contributed by atoms with Crippen molar-refractivity contribution in [3.8, 4) is 0 Å². The molecule has 0 aromatic heterocycles. The second-order valence-electron chi connectivity index (χ2n) is 4.32. The number of rotatable bonds is 1. The summed E-state index contributed by atoms with van der Waals surface area (Å²) in [4.78, 5) is 13.7. The van der Waals surface area contributed by atoms with Crippen LogP contribution in [0.4, 0.5) is 0 Å². The van der Waals surface area contributed by atoms with Gasteiger partial charge >= 0.3 is 5.97 Å². The lowest BCUT2D eigenvalue weighted by Crippen LogP contribution is -2.52. The van der Waals surface area contributed by atoms with E-state index in [-0.39, 0.29) is 17.9 Å². The Morgan fingerprint density at radius 1 is 1.50 bits per heavy atom. The molecule has 4 heteroatoms. The second-order valence-corrected chi connectivity index (χ2v) is 4.32. The van der Waals surface area contributed by atoms with Crippen molar-refractivity contribution in [1.82, 2.24) is 4.90 Å². The zero-order valence-corrected chi connectivity index (χ0v) is 8.64. The Morgan fingerprint density at radius 3 is 2.86 bits per heavy atom. The highest BCUT2D eigenvalue weighted by Crippen LogP contribution is 2.38. The number of esters is 1. The van der Waals surface area contributed by atoms with Gasteiger partial charge in [-0.3, -0.25) is 9.69 Å². The van der Waals surface area contributed by atoms with E-state index in [1.807, 2.05) is 7.05 Å². The van der Waals surface area contributed by atoms with Crippen molar-refractivity contribution in [2.75, 3.05) is 14.2 Å². The Balaban J connectivity index is 2.18. The summed E-state index contributed by atoms with van der Waals surface area (Å²) in [6, 6.07) is 0.632. The number of hydrogen-bond donors (Lipinski definition) is 1. The summed E-state index contributed by atoms with van der Waals surface area (Å²) < 4.78 is 4.73. The monoisotopic (exact) mass is 199 g/mol. The quantitative estimate of drug-likeness (QED) is 0.604. The lowest BCUT2D eigenvalue weighted by Gasteiger charge is -2.39. The smallest absolute Gasteiger partial charge is 0.312 e. The molecule has 0 radical (unpaired) electrons. The van der Waals surface area contributed by atoms with Crippen LogP contribution in [0.5, 0.6) is 0 Å². The number of piperidine rings is 1. The average molecular weight is 199 g/mol. The van der Waals surface area contributed by atoms with Gasteiger partial charge in [0.2, 0.25) is 0 Å². The molecule has 4 atom stereocenters. The first-order valence-electron chi connectivity index (χ1n) is 5.13. The third kappa shape index (κ3) is 1.33. The minimum absolute atomic E-state index is 0.177. The van der Waals surface area contributed by atoms with E-state index in [1.54, 1.807) is 0 Å². The fourth-order valence-electron chi connectivity index (χ4n) is 2.89. The maximum atomic E-state index is 11.5. The number of hydrogen-bond acceptors (Lipinski definition) is 4. The molecule has 2 bridgehead atoms. The number of methoxy groups -OCH3 is 1. The van der Waals surface area contributed by atoms with Crippen molar-refractivity contribution in [1.29, 1.82) is 0 Å². The van der Waals surface area contributed by atoms with Crippen LogP contribution in [0.3, 0.4) is 0 Å². The van der Waals surface area contributed by atoms with Crippen LogP contribution in [0.25, 0.3) is 0 Å². The van der Waals surface area contributed by atoms with Crippen molar-refractivity contribution in [2.24, 2.45) is 5.92 Å². The maximum absolute atomic E-state index is 11.5. The summed E-state index contributed by atoms with van der Waals surface area (Å²) >= 11 is 0. The molecule has 14 heavy (non-hydrogen) atoms. The van der Waals surface area contributed by atoms with E-state index in [2.05, 4.69) is 4.90 Å². The zero-order chi connectivity index (χ0) is 10.3. The molecular formula is C10H17NO3. The fraction of sp³-hybridized carbons (Fsp3) is 0.900. The number of carbonyl (C=O) groups excluding carboxylic acids is 1. The second kappa shape index (κ2) is 3.51. The number of ether oxygens (including phenoxy) is 1. The highest BCUT2D eigenvalue weighted by Gasteiger charge is 2.48. The molecule has 2 aliphatic heterocycles. The Labute approximate surface area is 83.8 Å². The molecule has 0 amide bonds. The Morgan fingerprint density at radius 2 is 2.21 bits per heavy atom. The van der Waals surface area contributed by atoms with Crippen molar-refractivity contribution in [3.63, 3.8) is 0 Å². The van der Waals surface area contributed by atoms with Crippen molar-refractivity contribution in [3.05, 3.63) is 0 Å². The predicted molar refractivity (Wildman–Crippen MR) is 50.7 cm³/mol. The third-order valence-electron chi connectivity index (χ3n) is 3.71. The van der Waals surface area contributed by atoms with Gasteiger partial charge in [-0.25, -0.2) is 0 Å². The van der Waals surface area contributed by atoms with Crippen LogP contribution < -0.4 is 0 Å². The predicted octanol–water partition coefficient (Wildman–Crippen LogP) is 0.00300. The normalized spacial score (nSPS) is 42.5. The number of fused-ring (bicyclic) bond motifs is 2. The fourth-order valence-corrected chi connectivity index (χ4v) is 2.89. The summed E-state index contributed by atoms with van der Waals surface area (Å²) in [5, 5.41) is 9.84. The van der Waals surface area contributed by atoms with E-state index in [0.717, 1.165) is 12.8 Å². The van der Waals surface area contributed by atoms with Gasteiger partial charge in [0.1, 0.15) is 0 Å². The van der Waals surface area contributed by atoms with Gasteiger partial charge in [0.15, 0.2) is 0 Å². The van der Waals surface area contributed by atoms with Crippen LogP contribution in [0.1, 0.15) is 19.3 Å². The zero-order valence-electron chi connectivity index (χ0n) is 8.64. The largest absolute Gasteiger partial charge is 0.469 e. The first-order chi connectivity index (χ1) is 6.65. The van der Waals surface area contributed by atoms with Crippen molar-refractivity contribution in [2.45, 2.75) is 37.5 Å². The van der Waals surface area contributed by atoms with Gasteiger partial charge < -0.3 is 9.84 Å². The summed E-state index contributed by atoms with van der Waals surface area (Å²) in [6.45, 7) is 0. The number of carbonyl (C=O) groups is 1. The van der Waals surface area contributed by atoms with Gasteiger partial charge in [-0.2, -0.15) is 0 Å².